The minimum absolute atomic E-state index is 0.119. The van der Waals surface area contributed by atoms with Crippen LogP contribution in [0.2, 0.25) is 5.02 Å². The number of nitrogens with one attached hydrogen (secondary N) is 1. The van der Waals surface area contributed by atoms with Crippen LogP contribution in [0.25, 0.3) is 0 Å². The zero-order chi connectivity index (χ0) is 13.7. The molecule has 0 saturated carbocycles. The average molecular weight is 288 g/mol. The predicted molar refractivity (Wildman–Crippen MR) is 72.7 cm³/mol. The van der Waals surface area contributed by atoms with Gasteiger partial charge in [0.05, 0.1) is 6.61 Å². The Kier molecular flexibility index (Phi) is 5.16. The molecule has 0 spiro atoms. The number of hydrogen-bond acceptors (Lipinski definition) is 3. The Bertz CT molecular complexity index is 402. The maximum absolute atomic E-state index is 13.6. The molecular formula is C14H19ClFNO2. The Morgan fingerprint density at radius 1 is 1.37 bits per heavy atom. The first kappa shape index (κ1) is 14.7. The minimum Gasteiger partial charge on any atom is -0.396 e. The second-order valence-corrected chi connectivity index (χ2v) is 5.48. The van der Waals surface area contributed by atoms with Gasteiger partial charge < -0.3 is 15.2 Å². The van der Waals surface area contributed by atoms with E-state index in [2.05, 4.69) is 5.32 Å². The van der Waals surface area contributed by atoms with Crippen molar-refractivity contribution >= 4 is 11.6 Å². The number of benzene rings is 1. The zero-order valence-corrected chi connectivity index (χ0v) is 11.5. The summed E-state index contributed by atoms with van der Waals surface area (Å²) in [5, 5.41) is 13.2. The lowest BCUT2D eigenvalue weighted by Crippen LogP contribution is -2.41. The molecule has 1 aromatic carbocycles. The molecule has 0 unspecified atom stereocenters. The van der Waals surface area contributed by atoms with Crippen LogP contribution in [0, 0.1) is 11.2 Å². The first-order chi connectivity index (χ1) is 9.17. The Morgan fingerprint density at radius 3 is 2.74 bits per heavy atom. The summed E-state index contributed by atoms with van der Waals surface area (Å²) >= 11 is 5.97. The highest BCUT2D eigenvalue weighted by Gasteiger charge is 2.31. The van der Waals surface area contributed by atoms with Gasteiger partial charge in [-0.05, 0) is 25.0 Å². The number of aliphatic hydroxyl groups excluding tert-OH is 1. The van der Waals surface area contributed by atoms with Gasteiger partial charge >= 0.3 is 0 Å². The van der Waals surface area contributed by atoms with E-state index in [0.29, 0.717) is 36.9 Å². The molecule has 1 aliphatic heterocycles. The summed E-state index contributed by atoms with van der Waals surface area (Å²) in [4.78, 5) is 0. The summed E-state index contributed by atoms with van der Waals surface area (Å²) in [5.41, 5.74) is 0.319. The number of ether oxygens (including phenoxy) is 1. The van der Waals surface area contributed by atoms with Gasteiger partial charge in [0.25, 0.3) is 0 Å². The molecule has 0 radical (unpaired) electrons. The molecule has 1 aliphatic rings. The van der Waals surface area contributed by atoms with Crippen molar-refractivity contribution in [2.75, 3.05) is 26.4 Å². The van der Waals surface area contributed by atoms with Crippen molar-refractivity contribution in [2.45, 2.75) is 19.4 Å². The summed E-state index contributed by atoms with van der Waals surface area (Å²) < 4.78 is 18.9. The number of hydrogen-bond donors (Lipinski definition) is 2. The molecule has 0 aromatic heterocycles. The van der Waals surface area contributed by atoms with Crippen LogP contribution >= 0.6 is 11.6 Å². The van der Waals surface area contributed by atoms with Gasteiger partial charge in [0.15, 0.2) is 0 Å². The molecule has 0 amide bonds. The SMILES string of the molecule is OCC1(CNCc2c(F)cccc2Cl)CCOCC1. The highest BCUT2D eigenvalue weighted by Crippen LogP contribution is 2.29. The molecule has 1 aromatic rings. The van der Waals surface area contributed by atoms with Crippen LogP contribution in [0.5, 0.6) is 0 Å². The molecule has 0 bridgehead atoms. The van der Waals surface area contributed by atoms with Gasteiger partial charge in [0, 0.05) is 42.3 Å². The maximum atomic E-state index is 13.6. The largest absolute Gasteiger partial charge is 0.396 e. The van der Waals surface area contributed by atoms with Crippen LogP contribution < -0.4 is 5.32 Å². The summed E-state index contributed by atoms with van der Waals surface area (Å²) in [6.45, 7) is 2.46. The van der Waals surface area contributed by atoms with Crippen LogP contribution in [-0.2, 0) is 11.3 Å². The fourth-order valence-corrected chi connectivity index (χ4v) is 2.58. The zero-order valence-electron chi connectivity index (χ0n) is 10.8. The van der Waals surface area contributed by atoms with E-state index in [1.807, 2.05) is 0 Å². The second-order valence-electron chi connectivity index (χ2n) is 5.07. The first-order valence-electron chi connectivity index (χ1n) is 6.49. The Morgan fingerprint density at radius 2 is 2.11 bits per heavy atom. The van der Waals surface area contributed by atoms with Gasteiger partial charge in [-0.15, -0.1) is 0 Å². The molecule has 0 atom stereocenters. The minimum atomic E-state index is -0.301. The van der Waals surface area contributed by atoms with Crippen LogP contribution in [0.1, 0.15) is 18.4 Å². The molecule has 2 rings (SSSR count). The number of aliphatic hydroxyl groups is 1. The third-order valence-corrected chi connectivity index (χ3v) is 4.11. The average Bonchev–Trinajstić information content (AvgIpc) is 2.43. The molecular weight excluding hydrogens is 269 g/mol. The van der Waals surface area contributed by atoms with E-state index in [9.17, 15) is 9.50 Å². The van der Waals surface area contributed by atoms with Crippen LogP contribution in [0.4, 0.5) is 4.39 Å². The van der Waals surface area contributed by atoms with E-state index in [1.165, 1.54) is 6.07 Å². The van der Waals surface area contributed by atoms with Gasteiger partial charge in [0.1, 0.15) is 5.82 Å². The Balaban J connectivity index is 1.92. The molecule has 19 heavy (non-hydrogen) atoms. The van der Waals surface area contributed by atoms with Crippen molar-refractivity contribution in [3.8, 4) is 0 Å². The first-order valence-corrected chi connectivity index (χ1v) is 6.87. The highest BCUT2D eigenvalue weighted by atomic mass is 35.5. The van der Waals surface area contributed by atoms with Crippen molar-refractivity contribution in [2.24, 2.45) is 5.41 Å². The number of rotatable bonds is 5. The van der Waals surface area contributed by atoms with Crippen molar-refractivity contribution in [3.63, 3.8) is 0 Å². The van der Waals surface area contributed by atoms with Crippen molar-refractivity contribution in [1.29, 1.82) is 0 Å². The van der Waals surface area contributed by atoms with Gasteiger partial charge in [-0.3, -0.25) is 0 Å². The molecule has 0 aliphatic carbocycles. The van der Waals surface area contributed by atoms with Crippen LogP contribution in [0.3, 0.4) is 0 Å². The molecule has 1 fully saturated rings. The normalized spacial score (nSPS) is 18.5. The summed E-state index contributed by atoms with van der Waals surface area (Å²) in [6.07, 6.45) is 1.64. The van der Waals surface area contributed by atoms with Crippen LogP contribution in [-0.4, -0.2) is 31.5 Å². The van der Waals surface area contributed by atoms with Crippen molar-refractivity contribution in [3.05, 3.63) is 34.6 Å². The van der Waals surface area contributed by atoms with E-state index in [1.54, 1.807) is 12.1 Å². The smallest absolute Gasteiger partial charge is 0.129 e. The Hall–Kier alpha value is -0.680. The van der Waals surface area contributed by atoms with Gasteiger partial charge in [-0.2, -0.15) is 0 Å². The standard InChI is InChI=1S/C14H19ClFNO2/c15-12-2-1-3-13(16)11(12)8-17-9-14(10-18)4-6-19-7-5-14/h1-3,17-18H,4-10H2. The van der Waals surface area contributed by atoms with E-state index < -0.39 is 0 Å². The second kappa shape index (κ2) is 6.66. The van der Waals surface area contributed by atoms with E-state index in [0.717, 1.165) is 12.8 Å². The lowest BCUT2D eigenvalue weighted by molar-refractivity contribution is -0.0154. The molecule has 1 saturated heterocycles. The Labute approximate surface area is 117 Å². The van der Waals surface area contributed by atoms with Crippen molar-refractivity contribution in [1.82, 2.24) is 5.32 Å². The van der Waals surface area contributed by atoms with Gasteiger partial charge in [-0.25, -0.2) is 4.39 Å². The highest BCUT2D eigenvalue weighted by molar-refractivity contribution is 6.31. The molecule has 3 nitrogen and oxygen atoms in total. The fraction of sp³-hybridized carbons (Fsp3) is 0.571. The molecule has 106 valence electrons. The summed E-state index contributed by atoms with van der Waals surface area (Å²) in [5.74, 6) is -0.301. The van der Waals surface area contributed by atoms with Gasteiger partial charge in [-0.1, -0.05) is 17.7 Å². The lowest BCUT2D eigenvalue weighted by atomic mass is 9.81. The molecule has 2 N–H and O–H groups in total. The number of halogens is 2. The third kappa shape index (κ3) is 3.66. The summed E-state index contributed by atoms with van der Waals surface area (Å²) in [6, 6.07) is 4.67. The van der Waals surface area contributed by atoms with Crippen molar-refractivity contribution < 1.29 is 14.2 Å². The topological polar surface area (TPSA) is 41.5 Å². The molecule has 5 heteroatoms. The monoisotopic (exact) mass is 287 g/mol. The lowest BCUT2D eigenvalue weighted by Gasteiger charge is -2.35. The fourth-order valence-electron chi connectivity index (χ4n) is 2.35. The van der Waals surface area contributed by atoms with Crippen LogP contribution in [0.15, 0.2) is 18.2 Å². The van der Waals surface area contributed by atoms with E-state index in [-0.39, 0.29) is 17.8 Å². The maximum Gasteiger partial charge on any atom is 0.129 e. The van der Waals surface area contributed by atoms with E-state index in [4.69, 9.17) is 16.3 Å². The van der Waals surface area contributed by atoms with Gasteiger partial charge in [0.2, 0.25) is 0 Å². The quantitative estimate of drug-likeness (QED) is 0.873. The molecule has 1 heterocycles. The predicted octanol–water partition coefficient (Wildman–Crippen LogP) is 2.36. The van der Waals surface area contributed by atoms with E-state index >= 15 is 0 Å². The third-order valence-electron chi connectivity index (χ3n) is 3.75. The summed E-state index contributed by atoms with van der Waals surface area (Å²) in [7, 11) is 0.